The minimum atomic E-state index is -5.03. The van der Waals surface area contributed by atoms with E-state index in [2.05, 4.69) is 20.0 Å². The van der Waals surface area contributed by atoms with Crippen molar-refractivity contribution in [2.75, 3.05) is 18.2 Å². The number of benzene rings is 2. The molecule has 0 aliphatic rings. The Morgan fingerprint density at radius 3 is 2.31 bits per heavy atom. The maximum absolute atomic E-state index is 14.0. The Morgan fingerprint density at radius 1 is 1.00 bits per heavy atom. The van der Waals surface area contributed by atoms with Gasteiger partial charge in [0.15, 0.2) is 0 Å². The number of hydrogen-bond donors (Lipinski definition) is 2. The topological polar surface area (TPSA) is 82.3 Å². The molecule has 0 aliphatic heterocycles. The SMILES string of the molecule is COc1cccc(Nc2nc(N)nc(-c3ccc(OC(F)(F)F)c(Cl)c3)c2C(F)(F)F)c1. The third-order valence-corrected chi connectivity index (χ3v) is 4.27. The van der Waals surface area contributed by atoms with Crippen LogP contribution in [0.3, 0.4) is 0 Å². The zero-order valence-corrected chi connectivity index (χ0v) is 16.7. The number of ether oxygens (including phenoxy) is 2. The van der Waals surface area contributed by atoms with Crippen molar-refractivity contribution in [3.05, 3.63) is 53.1 Å². The van der Waals surface area contributed by atoms with Gasteiger partial charge in [-0.05, 0) is 30.3 Å². The molecule has 2 aromatic carbocycles. The van der Waals surface area contributed by atoms with E-state index >= 15 is 0 Å². The van der Waals surface area contributed by atoms with Crippen LogP contribution < -0.4 is 20.5 Å². The van der Waals surface area contributed by atoms with Gasteiger partial charge >= 0.3 is 12.5 Å². The molecule has 0 atom stereocenters. The van der Waals surface area contributed by atoms with Crippen molar-refractivity contribution < 1.29 is 35.8 Å². The molecule has 0 fully saturated rings. The lowest BCUT2D eigenvalue weighted by molar-refractivity contribution is -0.274. The van der Waals surface area contributed by atoms with Gasteiger partial charge in [0, 0.05) is 17.3 Å². The monoisotopic (exact) mass is 478 g/mol. The molecule has 0 saturated heterocycles. The van der Waals surface area contributed by atoms with E-state index in [-0.39, 0.29) is 11.3 Å². The average molecular weight is 479 g/mol. The second-order valence-corrected chi connectivity index (χ2v) is 6.61. The predicted molar refractivity (Wildman–Crippen MR) is 105 cm³/mol. The number of anilines is 3. The fraction of sp³-hybridized carbons (Fsp3) is 0.158. The number of aromatic nitrogens is 2. The smallest absolute Gasteiger partial charge is 0.497 e. The minimum Gasteiger partial charge on any atom is -0.497 e. The van der Waals surface area contributed by atoms with Crippen LogP contribution in [0.25, 0.3) is 11.3 Å². The molecule has 3 aromatic rings. The predicted octanol–water partition coefficient (Wildman–Crippen LogP) is 6.05. The van der Waals surface area contributed by atoms with Crippen molar-refractivity contribution in [2.45, 2.75) is 12.5 Å². The second-order valence-electron chi connectivity index (χ2n) is 6.20. The first-order valence-electron chi connectivity index (χ1n) is 8.59. The van der Waals surface area contributed by atoms with Crippen LogP contribution in [-0.2, 0) is 6.18 Å². The fourth-order valence-electron chi connectivity index (χ4n) is 2.74. The van der Waals surface area contributed by atoms with E-state index < -0.39 is 46.3 Å². The first kappa shape index (κ1) is 23.3. The van der Waals surface area contributed by atoms with Gasteiger partial charge in [-0.3, -0.25) is 0 Å². The summed E-state index contributed by atoms with van der Waals surface area (Å²) in [6, 6.07) is 8.60. The van der Waals surface area contributed by atoms with E-state index in [4.69, 9.17) is 22.1 Å². The Kier molecular flexibility index (Phi) is 6.26. The first-order chi connectivity index (χ1) is 14.9. The summed E-state index contributed by atoms with van der Waals surface area (Å²) in [5.41, 5.74) is 3.59. The van der Waals surface area contributed by atoms with Gasteiger partial charge in [0.2, 0.25) is 5.95 Å². The maximum Gasteiger partial charge on any atom is 0.573 e. The fourth-order valence-corrected chi connectivity index (χ4v) is 2.96. The third kappa shape index (κ3) is 5.44. The lowest BCUT2D eigenvalue weighted by atomic mass is 10.1. The van der Waals surface area contributed by atoms with Crippen LogP contribution in [0.1, 0.15) is 5.56 Å². The summed E-state index contributed by atoms with van der Waals surface area (Å²) in [5, 5.41) is 1.95. The molecule has 0 bridgehead atoms. The number of hydrogen-bond acceptors (Lipinski definition) is 6. The summed E-state index contributed by atoms with van der Waals surface area (Å²) in [7, 11) is 1.39. The summed E-state index contributed by atoms with van der Waals surface area (Å²) in [5.74, 6) is -1.59. The number of rotatable bonds is 5. The van der Waals surface area contributed by atoms with Crippen LogP contribution in [0.15, 0.2) is 42.5 Å². The molecule has 0 spiro atoms. The van der Waals surface area contributed by atoms with Gasteiger partial charge in [0.25, 0.3) is 0 Å². The Bertz CT molecular complexity index is 1140. The number of nitrogen functional groups attached to an aromatic ring is 1. The molecule has 13 heteroatoms. The maximum atomic E-state index is 14.0. The molecule has 0 amide bonds. The number of nitrogens with two attached hydrogens (primary N) is 1. The van der Waals surface area contributed by atoms with Gasteiger partial charge < -0.3 is 20.5 Å². The van der Waals surface area contributed by atoms with Crippen LogP contribution in [0.4, 0.5) is 43.8 Å². The Hall–Kier alpha value is -3.41. The third-order valence-electron chi connectivity index (χ3n) is 3.97. The summed E-state index contributed by atoms with van der Waals surface area (Å²) >= 11 is 5.78. The highest BCUT2D eigenvalue weighted by Gasteiger charge is 2.39. The molecule has 0 radical (unpaired) electrons. The number of nitrogens with zero attached hydrogens (tertiary/aromatic N) is 2. The standard InChI is InChI=1S/C19H13ClF6N4O2/c1-31-11-4-2-3-10(8-11)28-16-14(18(21,22)23)15(29-17(27)30-16)9-5-6-13(12(20)7-9)32-19(24,25)26/h2-8H,1H3,(H3,27,28,29,30). The van der Waals surface area contributed by atoms with Gasteiger partial charge in [-0.15, -0.1) is 13.2 Å². The molecule has 3 N–H and O–H groups in total. The molecule has 3 rings (SSSR count). The highest BCUT2D eigenvalue weighted by atomic mass is 35.5. The van der Waals surface area contributed by atoms with Crippen LogP contribution in [0.2, 0.25) is 5.02 Å². The lowest BCUT2D eigenvalue weighted by Gasteiger charge is -2.18. The van der Waals surface area contributed by atoms with Crippen molar-refractivity contribution >= 4 is 29.1 Å². The van der Waals surface area contributed by atoms with Crippen molar-refractivity contribution in [3.63, 3.8) is 0 Å². The molecular weight excluding hydrogens is 466 g/mol. The van der Waals surface area contributed by atoms with Gasteiger partial charge in [-0.2, -0.15) is 18.2 Å². The first-order valence-corrected chi connectivity index (χ1v) is 8.96. The molecule has 1 heterocycles. The van der Waals surface area contributed by atoms with E-state index in [0.717, 1.165) is 18.2 Å². The second kappa shape index (κ2) is 8.61. The molecule has 6 nitrogen and oxygen atoms in total. The lowest BCUT2D eigenvalue weighted by Crippen LogP contribution is -2.17. The molecule has 0 aliphatic carbocycles. The van der Waals surface area contributed by atoms with E-state index in [0.29, 0.717) is 5.75 Å². The molecule has 1 aromatic heterocycles. The number of nitrogens with one attached hydrogen (secondary N) is 1. The van der Waals surface area contributed by atoms with E-state index in [1.165, 1.54) is 19.2 Å². The molecule has 0 saturated carbocycles. The quantitative estimate of drug-likeness (QED) is 0.434. The summed E-state index contributed by atoms with van der Waals surface area (Å²) < 4.78 is 88.1. The largest absolute Gasteiger partial charge is 0.573 e. The van der Waals surface area contributed by atoms with Gasteiger partial charge in [0.1, 0.15) is 22.9 Å². The van der Waals surface area contributed by atoms with Gasteiger partial charge in [-0.25, -0.2) is 4.98 Å². The molecular formula is C19H13ClF6N4O2. The Balaban J connectivity index is 2.13. The molecule has 0 unspecified atom stereocenters. The normalized spacial score (nSPS) is 11.9. The highest BCUT2D eigenvalue weighted by Crippen LogP contribution is 2.43. The van der Waals surface area contributed by atoms with E-state index in [9.17, 15) is 26.3 Å². The number of alkyl halides is 6. The molecule has 170 valence electrons. The zero-order valence-electron chi connectivity index (χ0n) is 16.0. The van der Waals surface area contributed by atoms with E-state index in [1.54, 1.807) is 12.1 Å². The summed E-state index contributed by atoms with van der Waals surface area (Å²) in [6.45, 7) is 0. The summed E-state index contributed by atoms with van der Waals surface area (Å²) in [4.78, 5) is 7.30. The Labute approximate surface area is 181 Å². The van der Waals surface area contributed by atoms with Gasteiger partial charge in [-0.1, -0.05) is 17.7 Å². The van der Waals surface area contributed by atoms with Crippen molar-refractivity contribution in [3.8, 4) is 22.8 Å². The van der Waals surface area contributed by atoms with Crippen molar-refractivity contribution in [2.24, 2.45) is 0 Å². The van der Waals surface area contributed by atoms with Crippen molar-refractivity contribution in [1.82, 2.24) is 9.97 Å². The Morgan fingerprint density at radius 2 is 1.72 bits per heavy atom. The van der Waals surface area contributed by atoms with Gasteiger partial charge in [0.05, 0.1) is 17.8 Å². The van der Waals surface area contributed by atoms with Crippen LogP contribution in [0, 0.1) is 0 Å². The van der Waals surface area contributed by atoms with Crippen LogP contribution in [0.5, 0.6) is 11.5 Å². The minimum absolute atomic E-state index is 0.214. The number of halogens is 7. The summed E-state index contributed by atoms with van der Waals surface area (Å²) in [6.07, 6.45) is -9.99. The molecule has 32 heavy (non-hydrogen) atoms. The number of methoxy groups -OCH3 is 1. The highest BCUT2D eigenvalue weighted by molar-refractivity contribution is 6.32. The average Bonchev–Trinajstić information content (AvgIpc) is 2.67. The van der Waals surface area contributed by atoms with E-state index in [1.807, 2.05) is 0 Å². The van der Waals surface area contributed by atoms with Crippen molar-refractivity contribution in [1.29, 1.82) is 0 Å². The zero-order chi connectivity index (χ0) is 23.7. The van der Waals surface area contributed by atoms with Crippen LogP contribution in [-0.4, -0.2) is 23.4 Å². The van der Waals surface area contributed by atoms with Crippen LogP contribution >= 0.6 is 11.6 Å².